The molecule has 1 saturated heterocycles. The second kappa shape index (κ2) is 8.13. The first-order chi connectivity index (χ1) is 14.7. The molecule has 0 bridgehead atoms. The number of methoxy groups -OCH3 is 1. The first-order valence-electron chi connectivity index (χ1n) is 10.4. The van der Waals surface area contributed by atoms with Crippen LogP contribution in [-0.4, -0.2) is 43.5 Å². The number of para-hydroxylation sites is 3. The van der Waals surface area contributed by atoms with Crippen molar-refractivity contribution in [2.45, 2.75) is 19.4 Å². The number of ether oxygens (including phenoxy) is 1. The Morgan fingerprint density at radius 1 is 1.17 bits per heavy atom. The molecule has 1 atom stereocenters. The number of aliphatic imine (C=N–C) groups is 1. The number of anilines is 2. The number of nitrogens with zero attached hydrogens (tertiary/aromatic N) is 2. The summed E-state index contributed by atoms with van der Waals surface area (Å²) in [6.45, 7) is 4.95. The average Bonchev–Trinajstić information content (AvgIpc) is 3.05. The lowest BCUT2D eigenvalue weighted by Gasteiger charge is -2.36. The van der Waals surface area contributed by atoms with Gasteiger partial charge in [-0.2, -0.15) is 0 Å². The number of amidine groups is 1. The van der Waals surface area contributed by atoms with E-state index >= 15 is 0 Å². The van der Waals surface area contributed by atoms with Crippen molar-refractivity contribution < 1.29 is 4.74 Å². The molecule has 5 rings (SSSR count). The molecule has 2 aromatic carbocycles. The molecule has 0 radical (unpaired) electrons. The van der Waals surface area contributed by atoms with Gasteiger partial charge in [-0.1, -0.05) is 30.3 Å². The Kier molecular flexibility index (Phi) is 5.19. The molecule has 0 saturated carbocycles. The monoisotopic (exact) mass is 418 g/mol. The maximum atomic E-state index is 5.56. The maximum absolute atomic E-state index is 5.56. The van der Waals surface area contributed by atoms with Gasteiger partial charge in [0.05, 0.1) is 24.0 Å². The molecule has 154 valence electrons. The molecule has 6 heteroatoms. The summed E-state index contributed by atoms with van der Waals surface area (Å²) in [6, 6.07) is 19.2. The van der Waals surface area contributed by atoms with Gasteiger partial charge in [-0.05, 0) is 43.2 Å². The molecule has 2 aliphatic heterocycles. The minimum absolute atomic E-state index is 0.340. The van der Waals surface area contributed by atoms with Gasteiger partial charge in [0, 0.05) is 30.6 Å². The van der Waals surface area contributed by atoms with Crippen LogP contribution in [0.2, 0.25) is 0 Å². The van der Waals surface area contributed by atoms with Crippen LogP contribution in [0.15, 0.2) is 59.6 Å². The van der Waals surface area contributed by atoms with E-state index in [0.717, 1.165) is 49.0 Å². The zero-order valence-corrected chi connectivity index (χ0v) is 18.1. The quantitative estimate of drug-likeness (QED) is 0.646. The Morgan fingerprint density at radius 2 is 2.00 bits per heavy atom. The number of piperazine rings is 1. The Balaban J connectivity index is 1.46. The lowest BCUT2D eigenvalue weighted by Crippen LogP contribution is -2.53. The third-order valence-corrected chi connectivity index (χ3v) is 6.65. The normalized spacial score (nSPS) is 18.0. The van der Waals surface area contributed by atoms with Crippen LogP contribution in [-0.2, 0) is 6.42 Å². The SMILES string of the molecule is COc1ccccc1C[C@H]1CN(C2=Nc3ccccc3Nc3sc(C)cc32)CCN1. The van der Waals surface area contributed by atoms with Crippen LogP contribution in [0.5, 0.6) is 5.75 Å². The van der Waals surface area contributed by atoms with Crippen molar-refractivity contribution in [1.82, 2.24) is 10.2 Å². The van der Waals surface area contributed by atoms with Crippen molar-refractivity contribution in [2.24, 2.45) is 4.99 Å². The average molecular weight is 419 g/mol. The molecule has 5 nitrogen and oxygen atoms in total. The van der Waals surface area contributed by atoms with Gasteiger partial charge in [-0.25, -0.2) is 4.99 Å². The Morgan fingerprint density at radius 3 is 2.90 bits per heavy atom. The summed E-state index contributed by atoms with van der Waals surface area (Å²) in [5, 5.41) is 8.47. The number of hydrogen-bond acceptors (Lipinski definition) is 6. The highest BCUT2D eigenvalue weighted by atomic mass is 32.1. The highest BCUT2D eigenvalue weighted by molar-refractivity contribution is 7.16. The largest absolute Gasteiger partial charge is 0.496 e. The van der Waals surface area contributed by atoms with Gasteiger partial charge in [0.1, 0.15) is 16.6 Å². The van der Waals surface area contributed by atoms with Crippen LogP contribution in [0.1, 0.15) is 16.0 Å². The van der Waals surface area contributed by atoms with E-state index in [1.807, 2.05) is 12.1 Å². The molecule has 3 aromatic rings. The van der Waals surface area contributed by atoms with Crippen molar-refractivity contribution in [3.05, 3.63) is 70.6 Å². The number of aryl methyl sites for hydroxylation is 1. The van der Waals surface area contributed by atoms with E-state index < -0.39 is 0 Å². The Labute approximate surface area is 181 Å². The van der Waals surface area contributed by atoms with Gasteiger partial charge < -0.3 is 20.3 Å². The number of rotatable bonds is 3. The zero-order chi connectivity index (χ0) is 20.5. The molecular formula is C24H26N4OS. The predicted octanol–water partition coefficient (Wildman–Crippen LogP) is 4.72. The van der Waals surface area contributed by atoms with Crippen LogP contribution in [0, 0.1) is 6.92 Å². The van der Waals surface area contributed by atoms with Crippen molar-refractivity contribution in [1.29, 1.82) is 0 Å². The predicted molar refractivity (Wildman–Crippen MR) is 125 cm³/mol. The summed E-state index contributed by atoms with van der Waals surface area (Å²) in [5.74, 6) is 2.02. The van der Waals surface area contributed by atoms with Gasteiger partial charge in [0.2, 0.25) is 0 Å². The van der Waals surface area contributed by atoms with E-state index in [2.05, 4.69) is 64.9 Å². The van der Waals surface area contributed by atoms with Gasteiger partial charge in [0.15, 0.2) is 0 Å². The van der Waals surface area contributed by atoms with Gasteiger partial charge in [0.25, 0.3) is 0 Å². The fraction of sp³-hybridized carbons (Fsp3) is 0.292. The van der Waals surface area contributed by atoms with Gasteiger partial charge >= 0.3 is 0 Å². The summed E-state index contributed by atoms with van der Waals surface area (Å²) in [6.07, 6.45) is 0.929. The molecule has 1 fully saturated rings. The van der Waals surface area contributed by atoms with E-state index in [1.54, 1.807) is 18.4 Å². The second-order valence-electron chi connectivity index (χ2n) is 7.79. The van der Waals surface area contributed by atoms with Crippen LogP contribution >= 0.6 is 11.3 Å². The first kappa shape index (κ1) is 19.2. The molecule has 0 aliphatic carbocycles. The van der Waals surface area contributed by atoms with Crippen LogP contribution < -0.4 is 15.4 Å². The van der Waals surface area contributed by atoms with Crippen molar-refractivity contribution in [3.63, 3.8) is 0 Å². The molecule has 0 unspecified atom stereocenters. The Hall–Kier alpha value is -2.83. The number of fused-ring (bicyclic) bond motifs is 2. The zero-order valence-electron chi connectivity index (χ0n) is 17.3. The number of hydrogen-bond donors (Lipinski definition) is 2. The minimum Gasteiger partial charge on any atom is -0.496 e. The van der Waals surface area contributed by atoms with Gasteiger partial charge in [-0.3, -0.25) is 0 Å². The van der Waals surface area contributed by atoms with Crippen LogP contribution in [0.3, 0.4) is 0 Å². The van der Waals surface area contributed by atoms with E-state index in [1.165, 1.54) is 21.0 Å². The van der Waals surface area contributed by atoms with E-state index in [-0.39, 0.29) is 0 Å². The fourth-order valence-electron chi connectivity index (χ4n) is 4.28. The third kappa shape index (κ3) is 3.68. The van der Waals surface area contributed by atoms with E-state index in [9.17, 15) is 0 Å². The lowest BCUT2D eigenvalue weighted by atomic mass is 10.0. The van der Waals surface area contributed by atoms with Crippen molar-refractivity contribution >= 4 is 33.5 Å². The smallest absolute Gasteiger partial charge is 0.139 e. The highest BCUT2D eigenvalue weighted by Gasteiger charge is 2.28. The summed E-state index contributed by atoms with van der Waals surface area (Å²) in [5.41, 5.74) is 4.50. The van der Waals surface area contributed by atoms with Crippen LogP contribution in [0.4, 0.5) is 16.4 Å². The van der Waals surface area contributed by atoms with E-state index in [4.69, 9.17) is 9.73 Å². The Bertz CT molecular complexity index is 1090. The van der Waals surface area contributed by atoms with Crippen LogP contribution in [0.25, 0.3) is 0 Å². The molecule has 0 spiro atoms. The van der Waals surface area contributed by atoms with Crippen molar-refractivity contribution in [3.8, 4) is 5.75 Å². The topological polar surface area (TPSA) is 48.9 Å². The molecule has 0 amide bonds. The van der Waals surface area contributed by atoms with Gasteiger partial charge in [-0.15, -0.1) is 11.3 Å². The van der Waals surface area contributed by atoms with E-state index in [0.29, 0.717) is 6.04 Å². The fourth-order valence-corrected chi connectivity index (χ4v) is 5.20. The number of thiophene rings is 1. The summed E-state index contributed by atoms with van der Waals surface area (Å²) >= 11 is 1.79. The molecule has 3 heterocycles. The third-order valence-electron chi connectivity index (χ3n) is 5.69. The standard InChI is InChI=1S/C24H26N4OS/c1-16-13-19-23(26-20-8-4-5-9-21(20)27-24(19)30-16)28-12-11-25-18(15-28)14-17-7-3-6-10-22(17)29-2/h3-10,13,18,25,27H,11-12,14-15H2,1-2H3/t18-/m0/s1. The maximum Gasteiger partial charge on any atom is 0.139 e. The highest BCUT2D eigenvalue weighted by Crippen LogP contribution is 2.39. The molecule has 1 aromatic heterocycles. The molecule has 2 aliphatic rings. The van der Waals surface area contributed by atoms with Crippen molar-refractivity contribution in [2.75, 3.05) is 32.1 Å². The number of nitrogens with one attached hydrogen (secondary N) is 2. The second-order valence-corrected chi connectivity index (χ2v) is 9.05. The summed E-state index contributed by atoms with van der Waals surface area (Å²) in [4.78, 5) is 8.85. The lowest BCUT2D eigenvalue weighted by molar-refractivity contribution is 0.288. The molecule has 30 heavy (non-hydrogen) atoms. The first-order valence-corrected chi connectivity index (χ1v) is 11.2. The molecule has 2 N–H and O–H groups in total. The summed E-state index contributed by atoms with van der Waals surface area (Å²) in [7, 11) is 1.74. The minimum atomic E-state index is 0.340. The summed E-state index contributed by atoms with van der Waals surface area (Å²) < 4.78 is 5.56. The molecular weight excluding hydrogens is 392 g/mol. The number of benzene rings is 2.